The third-order valence-electron chi connectivity index (χ3n) is 4.02. The highest BCUT2D eigenvalue weighted by Gasteiger charge is 2.30. The number of hydrogen-bond donors (Lipinski definition) is 0. The smallest absolute Gasteiger partial charge is 0.254 e. The van der Waals surface area contributed by atoms with Crippen LogP contribution in [0.2, 0.25) is 10.3 Å². The Labute approximate surface area is 130 Å². The van der Waals surface area contributed by atoms with Gasteiger partial charge in [0.15, 0.2) is 0 Å². The van der Waals surface area contributed by atoms with E-state index < -0.39 is 0 Å². The summed E-state index contributed by atoms with van der Waals surface area (Å²) in [5, 5.41) is 0.510. The van der Waals surface area contributed by atoms with Crippen LogP contribution in [0.25, 0.3) is 0 Å². The van der Waals surface area contributed by atoms with E-state index in [-0.39, 0.29) is 16.2 Å². The summed E-state index contributed by atoms with van der Waals surface area (Å²) in [6.07, 6.45) is 2.09. The quantitative estimate of drug-likeness (QED) is 0.725. The number of likely N-dealkylation sites (tertiary alicyclic amines) is 1. The molecule has 0 aliphatic carbocycles. The minimum Gasteiger partial charge on any atom is -0.339 e. The SMILES string of the molecule is CC(C)(C)C1CCN(C(=O)c2cc(Cl)nc(Cl)c2)CC1. The van der Waals surface area contributed by atoms with Crippen molar-refractivity contribution in [2.75, 3.05) is 13.1 Å². The lowest BCUT2D eigenvalue weighted by Crippen LogP contribution is -2.41. The van der Waals surface area contributed by atoms with Crippen molar-refractivity contribution in [3.8, 4) is 0 Å². The summed E-state index contributed by atoms with van der Waals surface area (Å²) in [5.41, 5.74) is 0.822. The fourth-order valence-corrected chi connectivity index (χ4v) is 3.18. The minimum atomic E-state index is -0.0106. The van der Waals surface area contributed by atoms with E-state index in [1.54, 1.807) is 12.1 Å². The first-order chi connectivity index (χ1) is 9.27. The Balaban J connectivity index is 2.05. The summed E-state index contributed by atoms with van der Waals surface area (Å²) in [5.74, 6) is 0.653. The lowest BCUT2D eigenvalue weighted by molar-refractivity contribution is 0.0608. The molecule has 1 saturated heterocycles. The minimum absolute atomic E-state index is 0.0106. The molecule has 0 aromatic carbocycles. The molecule has 5 heteroatoms. The van der Waals surface area contributed by atoms with Gasteiger partial charge in [0.05, 0.1) is 0 Å². The molecule has 3 nitrogen and oxygen atoms in total. The van der Waals surface area contributed by atoms with Gasteiger partial charge in [0, 0.05) is 18.7 Å². The summed E-state index contributed by atoms with van der Waals surface area (Å²) in [4.78, 5) is 18.2. The molecule has 0 spiro atoms. The molecule has 0 saturated carbocycles. The Hall–Kier alpha value is -0.800. The van der Waals surface area contributed by atoms with Gasteiger partial charge >= 0.3 is 0 Å². The van der Waals surface area contributed by atoms with Crippen LogP contribution in [-0.2, 0) is 0 Å². The maximum absolute atomic E-state index is 12.4. The van der Waals surface area contributed by atoms with Crippen LogP contribution in [0.3, 0.4) is 0 Å². The van der Waals surface area contributed by atoms with E-state index in [0.717, 1.165) is 25.9 Å². The Bertz CT molecular complexity index is 483. The Kier molecular flexibility index (Phi) is 4.60. The van der Waals surface area contributed by atoms with E-state index in [1.165, 1.54) is 0 Å². The molecule has 20 heavy (non-hydrogen) atoms. The van der Waals surface area contributed by atoms with Crippen LogP contribution in [0.15, 0.2) is 12.1 Å². The van der Waals surface area contributed by atoms with Crippen LogP contribution in [0, 0.1) is 11.3 Å². The van der Waals surface area contributed by atoms with Crippen molar-refractivity contribution in [1.29, 1.82) is 0 Å². The normalized spacial score (nSPS) is 17.4. The van der Waals surface area contributed by atoms with E-state index in [1.807, 2.05) is 4.90 Å². The van der Waals surface area contributed by atoms with Crippen molar-refractivity contribution < 1.29 is 4.79 Å². The first kappa shape index (κ1) is 15.6. The molecule has 0 radical (unpaired) electrons. The molecule has 0 unspecified atom stereocenters. The molecule has 0 N–H and O–H groups in total. The third kappa shape index (κ3) is 3.64. The van der Waals surface area contributed by atoms with Gasteiger partial charge in [0.1, 0.15) is 10.3 Å². The number of amides is 1. The molecule has 1 aromatic heterocycles. The van der Waals surface area contributed by atoms with Crippen LogP contribution in [0.4, 0.5) is 0 Å². The van der Waals surface area contributed by atoms with Crippen LogP contribution < -0.4 is 0 Å². The van der Waals surface area contributed by atoms with Gasteiger partial charge in [0.25, 0.3) is 5.91 Å². The van der Waals surface area contributed by atoms with Gasteiger partial charge in [-0.2, -0.15) is 0 Å². The Morgan fingerprint density at radius 1 is 1.20 bits per heavy atom. The average molecular weight is 315 g/mol. The fourth-order valence-electron chi connectivity index (χ4n) is 2.72. The monoisotopic (exact) mass is 314 g/mol. The summed E-state index contributed by atoms with van der Waals surface area (Å²) in [6, 6.07) is 3.15. The topological polar surface area (TPSA) is 33.2 Å². The van der Waals surface area contributed by atoms with Crippen molar-refractivity contribution in [3.63, 3.8) is 0 Å². The molecule has 1 fully saturated rings. The molecule has 2 rings (SSSR count). The molecule has 1 aliphatic rings. The van der Waals surface area contributed by atoms with Gasteiger partial charge in [0.2, 0.25) is 0 Å². The van der Waals surface area contributed by atoms with Gasteiger partial charge < -0.3 is 4.90 Å². The molecular formula is C15H20Cl2N2O. The second kappa shape index (κ2) is 5.90. The largest absolute Gasteiger partial charge is 0.339 e. The van der Waals surface area contributed by atoms with E-state index >= 15 is 0 Å². The Morgan fingerprint density at radius 2 is 1.70 bits per heavy atom. The van der Waals surface area contributed by atoms with Gasteiger partial charge in [-0.05, 0) is 36.3 Å². The van der Waals surface area contributed by atoms with Crippen LogP contribution in [-0.4, -0.2) is 28.9 Å². The highest BCUT2D eigenvalue weighted by atomic mass is 35.5. The van der Waals surface area contributed by atoms with Crippen molar-refractivity contribution in [2.24, 2.45) is 11.3 Å². The molecule has 0 atom stereocenters. The number of hydrogen-bond acceptors (Lipinski definition) is 2. The second-order valence-corrected chi connectivity index (χ2v) is 7.21. The van der Waals surface area contributed by atoms with E-state index in [2.05, 4.69) is 25.8 Å². The Morgan fingerprint density at radius 3 is 2.15 bits per heavy atom. The summed E-state index contributed by atoms with van der Waals surface area (Å²) in [6.45, 7) is 8.36. The second-order valence-electron chi connectivity index (χ2n) is 6.43. The van der Waals surface area contributed by atoms with Crippen LogP contribution in [0.1, 0.15) is 44.0 Å². The number of piperidine rings is 1. The zero-order valence-corrected chi connectivity index (χ0v) is 13.6. The molecule has 1 aliphatic heterocycles. The van der Waals surface area contributed by atoms with Crippen molar-refractivity contribution in [2.45, 2.75) is 33.6 Å². The lowest BCUT2D eigenvalue weighted by atomic mass is 9.75. The lowest BCUT2D eigenvalue weighted by Gasteiger charge is -2.38. The standard InChI is InChI=1S/C15H20Cl2N2O/c1-15(2,3)11-4-6-19(7-5-11)14(20)10-8-12(16)18-13(17)9-10/h8-9,11H,4-7H2,1-3H3. The summed E-state index contributed by atoms with van der Waals surface area (Å²) >= 11 is 11.7. The first-order valence-corrected chi connectivity index (χ1v) is 7.65. The summed E-state index contributed by atoms with van der Waals surface area (Å²) < 4.78 is 0. The molecule has 1 aromatic rings. The number of rotatable bonds is 1. The average Bonchev–Trinajstić information content (AvgIpc) is 2.36. The zero-order chi connectivity index (χ0) is 14.9. The van der Waals surface area contributed by atoms with Crippen molar-refractivity contribution >= 4 is 29.1 Å². The maximum Gasteiger partial charge on any atom is 0.254 e. The van der Waals surface area contributed by atoms with Crippen LogP contribution in [0.5, 0.6) is 0 Å². The predicted octanol–water partition coefficient (Wildman–Crippen LogP) is 4.29. The third-order valence-corrected chi connectivity index (χ3v) is 4.40. The predicted molar refractivity (Wildman–Crippen MR) is 82.3 cm³/mol. The maximum atomic E-state index is 12.4. The van der Waals surface area contributed by atoms with E-state index in [9.17, 15) is 4.79 Å². The van der Waals surface area contributed by atoms with E-state index in [0.29, 0.717) is 16.9 Å². The number of pyridine rings is 1. The van der Waals surface area contributed by atoms with Gasteiger partial charge in [-0.1, -0.05) is 44.0 Å². The molecular weight excluding hydrogens is 295 g/mol. The molecule has 2 heterocycles. The first-order valence-electron chi connectivity index (χ1n) is 6.90. The fraction of sp³-hybridized carbons (Fsp3) is 0.600. The van der Waals surface area contributed by atoms with Gasteiger partial charge in [-0.15, -0.1) is 0 Å². The number of halogens is 2. The highest BCUT2D eigenvalue weighted by Crippen LogP contribution is 2.34. The number of aromatic nitrogens is 1. The molecule has 1 amide bonds. The summed E-state index contributed by atoms with van der Waals surface area (Å²) in [7, 11) is 0. The highest BCUT2D eigenvalue weighted by molar-refractivity contribution is 6.33. The number of nitrogens with zero attached hydrogens (tertiary/aromatic N) is 2. The zero-order valence-electron chi connectivity index (χ0n) is 12.1. The number of carbonyl (C=O) groups excluding carboxylic acids is 1. The molecule has 0 bridgehead atoms. The van der Waals surface area contributed by atoms with Crippen molar-refractivity contribution in [3.05, 3.63) is 28.0 Å². The van der Waals surface area contributed by atoms with Crippen molar-refractivity contribution in [1.82, 2.24) is 9.88 Å². The van der Waals surface area contributed by atoms with Crippen LogP contribution >= 0.6 is 23.2 Å². The van der Waals surface area contributed by atoms with Gasteiger partial charge in [-0.25, -0.2) is 4.98 Å². The van der Waals surface area contributed by atoms with E-state index in [4.69, 9.17) is 23.2 Å². The number of carbonyl (C=O) groups is 1. The van der Waals surface area contributed by atoms with Gasteiger partial charge in [-0.3, -0.25) is 4.79 Å². The molecule has 110 valence electrons.